The Morgan fingerprint density at radius 1 is 0.468 bits per heavy atom. The maximum absolute atomic E-state index is 6.66. The number of hydrogen-bond acceptors (Lipinski definition) is 4. The topological polar surface area (TPSA) is 55.9 Å². The molecule has 12 aromatic rings. The van der Waals surface area contributed by atoms with Crippen LogP contribution in [0.1, 0.15) is 30.0 Å². The van der Waals surface area contributed by atoms with Gasteiger partial charge >= 0.3 is 0 Å². The number of para-hydroxylation sites is 3. The van der Waals surface area contributed by atoms with E-state index >= 15 is 0 Å². The number of fused-ring (bicyclic) bond motifs is 11. The van der Waals surface area contributed by atoms with Crippen molar-refractivity contribution in [2.45, 2.75) is 13.3 Å². The van der Waals surface area contributed by atoms with Crippen LogP contribution in [0, 0.1) is 5.92 Å². The van der Waals surface area contributed by atoms with Crippen LogP contribution in [0.5, 0.6) is 0 Å². The van der Waals surface area contributed by atoms with Crippen LogP contribution < -0.4 is 0 Å². The van der Waals surface area contributed by atoms with Crippen molar-refractivity contribution in [3.63, 3.8) is 0 Å². The summed E-state index contributed by atoms with van der Waals surface area (Å²) in [5.74, 6) is 0.677. The molecule has 13 rings (SSSR count). The molecule has 5 heteroatoms. The van der Waals surface area contributed by atoms with E-state index in [1.165, 1.54) is 21.5 Å². The van der Waals surface area contributed by atoms with Gasteiger partial charge < -0.3 is 13.4 Å². The van der Waals surface area contributed by atoms with Gasteiger partial charge in [-0.3, -0.25) is 0 Å². The monoisotopic (exact) mass is 795 g/mol. The van der Waals surface area contributed by atoms with Gasteiger partial charge in [-0.05, 0) is 76.5 Å². The maximum atomic E-state index is 6.66. The number of amidine groups is 1. The number of allylic oxidation sites excluding steroid dienone is 1. The molecular weight excluding hydrogens is 759 g/mol. The van der Waals surface area contributed by atoms with Crippen molar-refractivity contribution >= 4 is 104 Å². The Morgan fingerprint density at radius 2 is 1.06 bits per heavy atom. The molecule has 4 heterocycles. The fourth-order valence-electron chi connectivity index (χ4n) is 9.99. The first-order valence-corrected chi connectivity index (χ1v) is 21.3. The number of aromatic nitrogens is 1. The summed E-state index contributed by atoms with van der Waals surface area (Å²) in [5.41, 5.74) is 11.5. The Hall–Kier alpha value is -8.02. The summed E-state index contributed by atoms with van der Waals surface area (Å²) in [7, 11) is 0. The van der Waals surface area contributed by atoms with E-state index in [0.29, 0.717) is 12.3 Å². The van der Waals surface area contributed by atoms with Crippen molar-refractivity contribution in [3.05, 3.63) is 205 Å². The number of furan rings is 2. The molecule has 5 nitrogen and oxygen atoms in total. The lowest BCUT2D eigenvalue weighted by Gasteiger charge is -2.21. The maximum Gasteiger partial charge on any atom is 0.160 e. The SMILES string of the molecule is CC1C/C=C(c2c(-n3c4ccccc4c4cc5ccccc5cc43)ccc3oc4ccccc4c23)/N=C(c2cccc3ccccc23)\N=C/1c1cccc2oc3ccccc3c12. The number of aliphatic imine (C=N–C) groups is 2. The predicted octanol–water partition coefficient (Wildman–Crippen LogP) is 15.2. The molecule has 0 amide bonds. The highest BCUT2D eigenvalue weighted by molar-refractivity contribution is 6.25. The second-order valence-corrected chi connectivity index (χ2v) is 16.5. The minimum atomic E-state index is 0.0214. The van der Waals surface area contributed by atoms with E-state index in [0.717, 1.165) is 99.5 Å². The lowest BCUT2D eigenvalue weighted by Crippen LogP contribution is -2.17. The fraction of sp³-hybridized carbons (Fsp3) is 0.0526. The number of hydrogen-bond donors (Lipinski definition) is 0. The van der Waals surface area contributed by atoms with Crippen LogP contribution in [-0.4, -0.2) is 16.1 Å². The molecule has 0 N–H and O–H groups in total. The largest absolute Gasteiger partial charge is 0.456 e. The zero-order chi connectivity index (χ0) is 40.9. The van der Waals surface area contributed by atoms with Crippen LogP contribution in [0.15, 0.2) is 207 Å². The molecule has 3 aromatic heterocycles. The average molecular weight is 796 g/mol. The Kier molecular flexibility index (Phi) is 7.58. The third kappa shape index (κ3) is 5.21. The molecular formula is C57H37N3O2. The van der Waals surface area contributed by atoms with Crippen molar-refractivity contribution in [2.24, 2.45) is 15.9 Å². The highest BCUT2D eigenvalue weighted by atomic mass is 16.3. The normalized spacial score (nSPS) is 17.4. The van der Waals surface area contributed by atoms with Gasteiger partial charge in [0.2, 0.25) is 0 Å². The quantitative estimate of drug-likeness (QED) is 0.178. The van der Waals surface area contributed by atoms with Crippen LogP contribution in [-0.2, 0) is 0 Å². The van der Waals surface area contributed by atoms with Crippen LogP contribution >= 0.6 is 0 Å². The van der Waals surface area contributed by atoms with Gasteiger partial charge in [0, 0.05) is 54.9 Å². The van der Waals surface area contributed by atoms with Gasteiger partial charge in [0.15, 0.2) is 5.84 Å². The van der Waals surface area contributed by atoms with Gasteiger partial charge in [-0.15, -0.1) is 0 Å². The molecule has 0 saturated carbocycles. The lowest BCUT2D eigenvalue weighted by molar-refractivity contribution is 0.668. The summed E-state index contributed by atoms with van der Waals surface area (Å²) >= 11 is 0. The third-order valence-electron chi connectivity index (χ3n) is 12.9. The van der Waals surface area contributed by atoms with E-state index in [2.05, 4.69) is 181 Å². The zero-order valence-electron chi connectivity index (χ0n) is 33.8. The molecule has 1 atom stereocenters. The van der Waals surface area contributed by atoms with E-state index in [-0.39, 0.29) is 5.92 Å². The van der Waals surface area contributed by atoms with E-state index in [4.69, 9.17) is 18.8 Å². The van der Waals surface area contributed by atoms with Crippen LogP contribution in [0.3, 0.4) is 0 Å². The molecule has 0 saturated heterocycles. The molecule has 1 aliphatic rings. The lowest BCUT2D eigenvalue weighted by atomic mass is 9.90. The molecule has 0 aliphatic carbocycles. The smallest absolute Gasteiger partial charge is 0.160 e. The summed E-state index contributed by atoms with van der Waals surface area (Å²) in [6.45, 7) is 2.28. The summed E-state index contributed by atoms with van der Waals surface area (Å²) in [6, 6.07) is 64.3. The molecule has 292 valence electrons. The summed E-state index contributed by atoms with van der Waals surface area (Å²) < 4.78 is 15.5. The van der Waals surface area contributed by atoms with E-state index < -0.39 is 0 Å². The zero-order valence-corrected chi connectivity index (χ0v) is 33.8. The molecule has 1 aliphatic heterocycles. The number of benzene rings is 9. The first-order valence-electron chi connectivity index (χ1n) is 21.3. The average Bonchev–Trinajstić information content (AvgIpc) is 3.99. The molecule has 9 aromatic carbocycles. The minimum Gasteiger partial charge on any atom is -0.456 e. The van der Waals surface area contributed by atoms with Gasteiger partial charge in [-0.1, -0.05) is 146 Å². The molecule has 0 spiro atoms. The summed E-state index contributed by atoms with van der Waals surface area (Å²) in [4.78, 5) is 11.5. The Bertz CT molecular complexity index is 3920. The van der Waals surface area contributed by atoms with Crippen molar-refractivity contribution in [1.82, 2.24) is 4.57 Å². The molecule has 0 bridgehead atoms. The van der Waals surface area contributed by atoms with Gasteiger partial charge in [0.25, 0.3) is 0 Å². The van der Waals surface area contributed by atoms with Gasteiger partial charge in [0.1, 0.15) is 22.3 Å². The predicted molar refractivity (Wildman–Crippen MR) is 258 cm³/mol. The molecule has 62 heavy (non-hydrogen) atoms. The molecule has 0 radical (unpaired) electrons. The number of nitrogens with zero attached hydrogens (tertiary/aromatic N) is 3. The first kappa shape index (κ1) is 34.8. The number of rotatable bonds is 4. The van der Waals surface area contributed by atoms with Gasteiger partial charge in [-0.2, -0.15) is 0 Å². The third-order valence-corrected chi connectivity index (χ3v) is 12.9. The second kappa shape index (κ2) is 13.5. The highest BCUT2D eigenvalue weighted by Crippen LogP contribution is 2.44. The van der Waals surface area contributed by atoms with Crippen LogP contribution in [0.4, 0.5) is 0 Å². The Morgan fingerprint density at radius 3 is 1.87 bits per heavy atom. The van der Waals surface area contributed by atoms with Crippen LogP contribution in [0.2, 0.25) is 0 Å². The van der Waals surface area contributed by atoms with Crippen LogP contribution in [0.25, 0.3) is 98.6 Å². The fourth-order valence-corrected chi connectivity index (χ4v) is 9.99. The first-order chi connectivity index (χ1) is 30.7. The Balaban J connectivity index is 1.15. The minimum absolute atomic E-state index is 0.0214. The van der Waals surface area contributed by atoms with Crippen molar-refractivity contribution in [2.75, 3.05) is 0 Å². The standard InChI is InChI=1S/C57H37N3O2/c1-34-28-29-45(58-57(40-22-12-17-35-14-4-5-18-38(35)40)59-56(34)43-23-13-27-51-53(43)41-20-7-10-25-49(41)61-51)55-47(30-31-52-54(55)42-21-8-11-26-50(42)62-52)60-46-24-9-6-19-39(46)44-32-36-15-2-3-16-37(36)33-48(44)60/h2-27,29-34H,28H2,1H3/b45-29+,58-57-,59-56+. The Labute approximate surface area is 356 Å². The van der Waals surface area contributed by atoms with Gasteiger partial charge in [-0.25, -0.2) is 9.98 Å². The summed E-state index contributed by atoms with van der Waals surface area (Å²) in [5, 5.41) is 11.3. The molecule has 0 fully saturated rings. The second-order valence-electron chi connectivity index (χ2n) is 16.5. The van der Waals surface area contributed by atoms with Crippen molar-refractivity contribution in [1.29, 1.82) is 0 Å². The van der Waals surface area contributed by atoms with E-state index in [1.807, 2.05) is 18.2 Å². The van der Waals surface area contributed by atoms with Crippen molar-refractivity contribution < 1.29 is 8.83 Å². The van der Waals surface area contributed by atoms with E-state index in [1.54, 1.807) is 0 Å². The summed E-state index contributed by atoms with van der Waals surface area (Å²) in [6.07, 6.45) is 3.04. The van der Waals surface area contributed by atoms with Crippen molar-refractivity contribution in [3.8, 4) is 5.69 Å². The van der Waals surface area contributed by atoms with Gasteiger partial charge in [0.05, 0.1) is 28.1 Å². The van der Waals surface area contributed by atoms with E-state index in [9.17, 15) is 0 Å². The molecule has 1 unspecified atom stereocenters. The highest BCUT2D eigenvalue weighted by Gasteiger charge is 2.27.